The lowest BCUT2D eigenvalue weighted by molar-refractivity contribution is -0.0247. The number of thioether (sulfide) groups is 1. The quantitative estimate of drug-likeness (QED) is 0.776. The summed E-state index contributed by atoms with van der Waals surface area (Å²) in [4.78, 5) is 1.01. The molecule has 1 unspecified atom stereocenters. The molecule has 0 saturated heterocycles. The molecule has 2 nitrogen and oxygen atoms in total. The third kappa shape index (κ3) is 1.65. The molecule has 0 aromatic heterocycles. The molecular formula is C10H11ClO2S. The van der Waals surface area contributed by atoms with Crippen LogP contribution in [0.2, 0.25) is 5.02 Å². The summed E-state index contributed by atoms with van der Waals surface area (Å²) in [5, 5.41) is 19.9. The van der Waals surface area contributed by atoms with Crippen LogP contribution in [0.5, 0.6) is 0 Å². The fourth-order valence-corrected chi connectivity index (χ4v) is 3.02. The van der Waals surface area contributed by atoms with Crippen LogP contribution in [-0.4, -0.2) is 22.6 Å². The topological polar surface area (TPSA) is 40.5 Å². The normalized spacial score (nSPS) is 25.9. The third-order valence-electron chi connectivity index (χ3n) is 2.48. The second-order valence-electron chi connectivity index (χ2n) is 3.43. The molecule has 1 aliphatic heterocycles. The van der Waals surface area contributed by atoms with Gasteiger partial charge in [-0.25, -0.2) is 0 Å². The SMILES string of the molecule is OCC1(O)CCSc2ccc(Cl)cc21. The van der Waals surface area contributed by atoms with Gasteiger partial charge in [0.1, 0.15) is 5.60 Å². The van der Waals surface area contributed by atoms with E-state index in [2.05, 4.69) is 0 Å². The fraction of sp³-hybridized carbons (Fsp3) is 0.400. The molecule has 1 aliphatic rings. The lowest BCUT2D eigenvalue weighted by Gasteiger charge is -2.32. The summed E-state index contributed by atoms with van der Waals surface area (Å²) in [6.45, 7) is -0.249. The van der Waals surface area contributed by atoms with Crippen LogP contribution in [0.1, 0.15) is 12.0 Å². The summed E-state index contributed by atoms with van der Waals surface area (Å²) in [6, 6.07) is 5.43. The van der Waals surface area contributed by atoms with Gasteiger partial charge in [-0.2, -0.15) is 0 Å². The van der Waals surface area contributed by atoms with Gasteiger partial charge in [0.25, 0.3) is 0 Å². The molecule has 0 bridgehead atoms. The molecule has 0 saturated carbocycles. The number of aliphatic hydroxyl groups is 2. The molecular weight excluding hydrogens is 220 g/mol. The van der Waals surface area contributed by atoms with Gasteiger partial charge in [0.05, 0.1) is 6.61 Å². The summed E-state index contributed by atoms with van der Waals surface area (Å²) < 4.78 is 0. The Kier molecular flexibility index (Phi) is 2.75. The summed E-state index contributed by atoms with van der Waals surface area (Å²) in [5.41, 5.74) is -0.352. The zero-order valence-corrected chi connectivity index (χ0v) is 9.11. The second kappa shape index (κ2) is 3.74. The molecule has 1 heterocycles. The first kappa shape index (κ1) is 10.3. The molecule has 2 rings (SSSR count). The van der Waals surface area contributed by atoms with Crippen molar-refractivity contribution in [3.63, 3.8) is 0 Å². The molecule has 1 atom stereocenters. The van der Waals surface area contributed by atoms with Crippen LogP contribution in [0.15, 0.2) is 23.1 Å². The van der Waals surface area contributed by atoms with Gasteiger partial charge in [0.15, 0.2) is 0 Å². The lowest BCUT2D eigenvalue weighted by atomic mass is 9.91. The zero-order chi connectivity index (χ0) is 10.2. The van der Waals surface area contributed by atoms with E-state index in [1.807, 2.05) is 6.07 Å². The van der Waals surface area contributed by atoms with Gasteiger partial charge in [0.2, 0.25) is 0 Å². The first-order valence-electron chi connectivity index (χ1n) is 4.42. The van der Waals surface area contributed by atoms with Crippen molar-refractivity contribution in [2.75, 3.05) is 12.4 Å². The van der Waals surface area contributed by atoms with Gasteiger partial charge in [-0.3, -0.25) is 0 Å². The minimum absolute atomic E-state index is 0.249. The molecule has 0 fully saturated rings. The molecule has 1 aromatic rings. The van der Waals surface area contributed by atoms with E-state index in [0.717, 1.165) is 16.2 Å². The van der Waals surface area contributed by atoms with Gasteiger partial charge in [0, 0.05) is 21.2 Å². The third-order valence-corrected chi connectivity index (χ3v) is 3.79. The number of halogens is 1. The summed E-state index contributed by atoms with van der Waals surface area (Å²) in [5.74, 6) is 0.825. The van der Waals surface area contributed by atoms with Crippen molar-refractivity contribution in [3.8, 4) is 0 Å². The lowest BCUT2D eigenvalue weighted by Crippen LogP contribution is -2.33. The standard InChI is InChI=1S/C10H11ClO2S/c11-7-1-2-9-8(5-7)10(13,6-12)3-4-14-9/h1-2,5,12-13H,3-4,6H2. The number of fused-ring (bicyclic) bond motifs is 1. The first-order chi connectivity index (χ1) is 6.65. The minimum atomic E-state index is -1.11. The highest BCUT2D eigenvalue weighted by Crippen LogP contribution is 2.40. The summed E-state index contributed by atoms with van der Waals surface area (Å²) >= 11 is 7.54. The van der Waals surface area contributed by atoms with Gasteiger partial charge < -0.3 is 10.2 Å². The molecule has 0 radical (unpaired) electrons. The van der Waals surface area contributed by atoms with Crippen LogP contribution < -0.4 is 0 Å². The average molecular weight is 231 g/mol. The van der Waals surface area contributed by atoms with E-state index in [9.17, 15) is 10.2 Å². The number of aliphatic hydroxyl groups excluding tert-OH is 1. The van der Waals surface area contributed by atoms with Crippen molar-refractivity contribution in [2.24, 2.45) is 0 Å². The van der Waals surface area contributed by atoms with E-state index in [0.29, 0.717) is 11.4 Å². The fourth-order valence-electron chi connectivity index (χ4n) is 1.62. The van der Waals surface area contributed by atoms with Crippen LogP contribution >= 0.6 is 23.4 Å². The minimum Gasteiger partial charge on any atom is -0.393 e. The Balaban J connectivity index is 2.52. The highest BCUT2D eigenvalue weighted by atomic mass is 35.5. The molecule has 2 N–H and O–H groups in total. The Hall–Kier alpha value is -0.220. The van der Waals surface area contributed by atoms with E-state index in [1.165, 1.54) is 0 Å². The smallest absolute Gasteiger partial charge is 0.114 e. The molecule has 1 aromatic carbocycles. The number of hydrogen-bond acceptors (Lipinski definition) is 3. The maximum atomic E-state index is 10.1. The maximum Gasteiger partial charge on any atom is 0.114 e. The second-order valence-corrected chi connectivity index (χ2v) is 5.00. The number of rotatable bonds is 1. The average Bonchev–Trinajstić information content (AvgIpc) is 2.20. The zero-order valence-electron chi connectivity index (χ0n) is 7.53. The largest absolute Gasteiger partial charge is 0.393 e. The van der Waals surface area contributed by atoms with E-state index in [-0.39, 0.29) is 6.61 Å². The predicted molar refractivity (Wildman–Crippen MR) is 57.8 cm³/mol. The van der Waals surface area contributed by atoms with Gasteiger partial charge in [-0.15, -0.1) is 11.8 Å². The maximum absolute atomic E-state index is 10.1. The summed E-state index contributed by atoms with van der Waals surface area (Å²) in [6.07, 6.45) is 0.571. The van der Waals surface area contributed by atoms with Crippen molar-refractivity contribution in [1.29, 1.82) is 0 Å². The van der Waals surface area contributed by atoms with Crippen LogP contribution in [0.4, 0.5) is 0 Å². The van der Waals surface area contributed by atoms with Crippen LogP contribution in [0, 0.1) is 0 Å². The van der Waals surface area contributed by atoms with E-state index in [1.54, 1.807) is 23.9 Å². The first-order valence-corrected chi connectivity index (χ1v) is 5.78. The Labute approximate surface area is 91.9 Å². The van der Waals surface area contributed by atoms with Crippen molar-refractivity contribution in [2.45, 2.75) is 16.9 Å². The van der Waals surface area contributed by atoms with Crippen molar-refractivity contribution in [3.05, 3.63) is 28.8 Å². The van der Waals surface area contributed by atoms with E-state index in [4.69, 9.17) is 11.6 Å². The van der Waals surface area contributed by atoms with E-state index >= 15 is 0 Å². The predicted octanol–water partition coefficient (Wildman–Crippen LogP) is 2.02. The Bertz CT molecular complexity index is 356. The van der Waals surface area contributed by atoms with Crippen molar-refractivity contribution < 1.29 is 10.2 Å². The van der Waals surface area contributed by atoms with Gasteiger partial charge >= 0.3 is 0 Å². The number of benzene rings is 1. The monoisotopic (exact) mass is 230 g/mol. The number of hydrogen-bond donors (Lipinski definition) is 2. The van der Waals surface area contributed by atoms with E-state index < -0.39 is 5.60 Å². The Morgan fingerprint density at radius 3 is 3.00 bits per heavy atom. The molecule has 0 spiro atoms. The molecule has 76 valence electrons. The summed E-state index contributed by atoms with van der Waals surface area (Å²) in [7, 11) is 0. The Morgan fingerprint density at radius 2 is 2.29 bits per heavy atom. The van der Waals surface area contributed by atoms with Crippen LogP contribution in [0.25, 0.3) is 0 Å². The molecule has 0 aliphatic carbocycles. The van der Waals surface area contributed by atoms with Crippen LogP contribution in [-0.2, 0) is 5.60 Å². The van der Waals surface area contributed by atoms with Gasteiger partial charge in [-0.1, -0.05) is 11.6 Å². The highest BCUT2D eigenvalue weighted by molar-refractivity contribution is 7.99. The Morgan fingerprint density at radius 1 is 1.50 bits per heavy atom. The van der Waals surface area contributed by atoms with Crippen LogP contribution in [0.3, 0.4) is 0 Å². The molecule has 14 heavy (non-hydrogen) atoms. The van der Waals surface area contributed by atoms with Crippen molar-refractivity contribution in [1.82, 2.24) is 0 Å². The van der Waals surface area contributed by atoms with Crippen molar-refractivity contribution >= 4 is 23.4 Å². The van der Waals surface area contributed by atoms with Gasteiger partial charge in [-0.05, 0) is 24.6 Å². The molecule has 4 heteroatoms. The molecule has 0 amide bonds. The highest BCUT2D eigenvalue weighted by Gasteiger charge is 2.34.